The average molecular weight is 338 g/mol. The Bertz CT molecular complexity index is 583. The van der Waals surface area contributed by atoms with Crippen molar-refractivity contribution >= 4 is 46.1 Å². The van der Waals surface area contributed by atoms with Crippen LogP contribution in [0.4, 0.5) is 0 Å². The van der Waals surface area contributed by atoms with E-state index in [2.05, 4.69) is 0 Å². The standard InChI is InChI=1S/C13H11Cl3O2S/c1-17-7-3-4-10(18-2)8(5-7)12(15)9-6-11(14)19-13(9)16/h3-6,12H,1-2H3. The first-order valence-electron chi connectivity index (χ1n) is 5.37. The minimum Gasteiger partial charge on any atom is -0.497 e. The van der Waals surface area contributed by atoms with Crippen molar-refractivity contribution in [2.45, 2.75) is 5.38 Å². The van der Waals surface area contributed by atoms with Gasteiger partial charge < -0.3 is 9.47 Å². The van der Waals surface area contributed by atoms with Gasteiger partial charge in [0.25, 0.3) is 0 Å². The lowest BCUT2D eigenvalue weighted by molar-refractivity contribution is 0.399. The summed E-state index contributed by atoms with van der Waals surface area (Å²) < 4.78 is 11.7. The Kier molecular flexibility index (Phi) is 4.85. The van der Waals surface area contributed by atoms with Crippen LogP contribution < -0.4 is 9.47 Å². The Labute approximate surface area is 130 Å². The fourth-order valence-corrected chi connectivity index (χ4v) is 3.73. The number of halogens is 3. The zero-order valence-electron chi connectivity index (χ0n) is 10.2. The van der Waals surface area contributed by atoms with Crippen LogP contribution in [0.15, 0.2) is 24.3 Å². The molecule has 0 aliphatic heterocycles. The third kappa shape index (κ3) is 3.11. The number of hydrogen-bond donors (Lipinski definition) is 0. The van der Waals surface area contributed by atoms with E-state index in [4.69, 9.17) is 44.3 Å². The van der Waals surface area contributed by atoms with Crippen molar-refractivity contribution in [2.24, 2.45) is 0 Å². The van der Waals surface area contributed by atoms with Crippen molar-refractivity contribution in [3.05, 3.63) is 44.1 Å². The van der Waals surface area contributed by atoms with E-state index in [9.17, 15) is 0 Å². The molecule has 2 rings (SSSR count). The largest absolute Gasteiger partial charge is 0.497 e. The van der Waals surface area contributed by atoms with Gasteiger partial charge in [0, 0.05) is 11.1 Å². The molecule has 1 aromatic heterocycles. The van der Waals surface area contributed by atoms with Gasteiger partial charge in [0.05, 0.1) is 28.3 Å². The summed E-state index contributed by atoms with van der Waals surface area (Å²) in [5.74, 6) is 1.39. The Hall–Kier alpha value is -0.610. The summed E-state index contributed by atoms with van der Waals surface area (Å²) in [4.78, 5) is 0. The molecule has 102 valence electrons. The molecule has 1 aromatic carbocycles. The summed E-state index contributed by atoms with van der Waals surface area (Å²) in [7, 11) is 3.19. The minimum absolute atomic E-state index is 0.443. The molecule has 0 radical (unpaired) electrons. The van der Waals surface area contributed by atoms with Gasteiger partial charge in [0.1, 0.15) is 11.5 Å². The summed E-state index contributed by atoms with van der Waals surface area (Å²) in [6.07, 6.45) is 0. The lowest BCUT2D eigenvalue weighted by atomic mass is 10.1. The number of rotatable bonds is 4. The molecule has 0 bridgehead atoms. The van der Waals surface area contributed by atoms with Gasteiger partial charge in [-0.15, -0.1) is 22.9 Å². The summed E-state index contributed by atoms with van der Waals surface area (Å²) in [5.41, 5.74) is 1.56. The smallest absolute Gasteiger partial charge is 0.124 e. The first kappa shape index (κ1) is 14.8. The molecule has 0 N–H and O–H groups in total. The monoisotopic (exact) mass is 336 g/mol. The molecule has 0 fully saturated rings. The van der Waals surface area contributed by atoms with Crippen LogP contribution in [0, 0.1) is 0 Å². The van der Waals surface area contributed by atoms with Gasteiger partial charge in [-0.3, -0.25) is 0 Å². The van der Waals surface area contributed by atoms with Crippen LogP contribution >= 0.6 is 46.1 Å². The van der Waals surface area contributed by atoms with Crippen LogP contribution in [-0.4, -0.2) is 14.2 Å². The van der Waals surface area contributed by atoms with E-state index in [1.807, 2.05) is 18.2 Å². The van der Waals surface area contributed by atoms with E-state index in [1.54, 1.807) is 20.3 Å². The predicted molar refractivity (Wildman–Crippen MR) is 81.6 cm³/mol. The predicted octanol–water partition coefficient (Wildman–Crippen LogP) is 5.40. The summed E-state index contributed by atoms with van der Waals surface area (Å²) in [6, 6.07) is 7.23. The van der Waals surface area contributed by atoms with Crippen LogP contribution in [-0.2, 0) is 0 Å². The second-order valence-corrected chi connectivity index (χ2v) is 6.47. The molecule has 0 saturated heterocycles. The molecule has 6 heteroatoms. The SMILES string of the molecule is COc1ccc(OC)c(C(Cl)c2cc(Cl)sc2Cl)c1. The van der Waals surface area contributed by atoms with Crippen molar-refractivity contribution in [3.63, 3.8) is 0 Å². The van der Waals surface area contributed by atoms with Crippen molar-refractivity contribution in [1.82, 2.24) is 0 Å². The molecule has 0 spiro atoms. The van der Waals surface area contributed by atoms with E-state index in [1.165, 1.54) is 11.3 Å². The Morgan fingerprint density at radius 3 is 2.32 bits per heavy atom. The zero-order valence-corrected chi connectivity index (χ0v) is 13.3. The second-order valence-electron chi connectivity index (χ2n) is 3.75. The maximum absolute atomic E-state index is 6.49. The third-order valence-electron chi connectivity index (χ3n) is 2.67. The van der Waals surface area contributed by atoms with Crippen LogP contribution in [0.25, 0.3) is 0 Å². The molecular formula is C13H11Cl3O2S. The number of benzene rings is 1. The molecule has 2 aromatic rings. The number of ether oxygens (including phenoxy) is 2. The van der Waals surface area contributed by atoms with Gasteiger partial charge in [0.2, 0.25) is 0 Å². The van der Waals surface area contributed by atoms with Gasteiger partial charge in [0.15, 0.2) is 0 Å². The average Bonchev–Trinajstić information content (AvgIpc) is 2.76. The molecule has 19 heavy (non-hydrogen) atoms. The fraction of sp³-hybridized carbons (Fsp3) is 0.231. The second kappa shape index (κ2) is 6.23. The highest BCUT2D eigenvalue weighted by molar-refractivity contribution is 7.20. The van der Waals surface area contributed by atoms with Gasteiger partial charge in [-0.1, -0.05) is 23.2 Å². The molecule has 2 nitrogen and oxygen atoms in total. The lowest BCUT2D eigenvalue weighted by Crippen LogP contribution is -1.98. The van der Waals surface area contributed by atoms with Crippen molar-refractivity contribution in [3.8, 4) is 11.5 Å². The number of alkyl halides is 1. The maximum Gasteiger partial charge on any atom is 0.124 e. The summed E-state index contributed by atoms with van der Waals surface area (Å²) in [6.45, 7) is 0. The normalized spacial score (nSPS) is 12.3. The number of thiophene rings is 1. The van der Waals surface area contributed by atoms with Crippen LogP contribution in [0.1, 0.15) is 16.5 Å². The van der Waals surface area contributed by atoms with Crippen LogP contribution in [0.2, 0.25) is 8.67 Å². The molecule has 0 amide bonds. The quantitative estimate of drug-likeness (QED) is 0.695. The first-order valence-corrected chi connectivity index (χ1v) is 7.38. The van der Waals surface area contributed by atoms with E-state index in [0.717, 1.165) is 11.1 Å². The molecule has 0 aliphatic carbocycles. The zero-order chi connectivity index (χ0) is 14.0. The third-order valence-corrected chi connectivity index (χ3v) is 4.65. The van der Waals surface area contributed by atoms with E-state index in [0.29, 0.717) is 20.2 Å². The van der Waals surface area contributed by atoms with Gasteiger partial charge in [-0.2, -0.15) is 0 Å². The number of methoxy groups -OCH3 is 2. The maximum atomic E-state index is 6.49. The highest BCUT2D eigenvalue weighted by atomic mass is 35.5. The molecule has 1 heterocycles. The minimum atomic E-state index is -0.443. The Balaban J connectivity index is 2.47. The van der Waals surface area contributed by atoms with E-state index < -0.39 is 5.38 Å². The Morgan fingerprint density at radius 2 is 1.79 bits per heavy atom. The van der Waals surface area contributed by atoms with Crippen molar-refractivity contribution in [1.29, 1.82) is 0 Å². The van der Waals surface area contributed by atoms with Gasteiger partial charge >= 0.3 is 0 Å². The lowest BCUT2D eigenvalue weighted by Gasteiger charge is -2.15. The summed E-state index contributed by atoms with van der Waals surface area (Å²) >= 11 is 19.9. The van der Waals surface area contributed by atoms with Gasteiger partial charge in [-0.25, -0.2) is 0 Å². The summed E-state index contributed by atoms with van der Waals surface area (Å²) in [5, 5.41) is -0.443. The van der Waals surface area contributed by atoms with Crippen molar-refractivity contribution < 1.29 is 9.47 Å². The molecule has 1 unspecified atom stereocenters. The van der Waals surface area contributed by atoms with E-state index in [-0.39, 0.29) is 0 Å². The highest BCUT2D eigenvalue weighted by Crippen LogP contribution is 2.43. The fourth-order valence-electron chi connectivity index (χ4n) is 1.73. The highest BCUT2D eigenvalue weighted by Gasteiger charge is 2.21. The topological polar surface area (TPSA) is 18.5 Å². The van der Waals surface area contributed by atoms with Crippen LogP contribution in [0.5, 0.6) is 11.5 Å². The molecule has 0 aliphatic rings. The molecular weight excluding hydrogens is 327 g/mol. The first-order chi connectivity index (χ1) is 9.06. The Morgan fingerprint density at radius 1 is 1.05 bits per heavy atom. The van der Waals surface area contributed by atoms with Gasteiger partial charge in [-0.05, 0) is 24.3 Å². The molecule has 0 saturated carbocycles. The molecule has 1 atom stereocenters. The van der Waals surface area contributed by atoms with E-state index >= 15 is 0 Å². The number of hydrogen-bond acceptors (Lipinski definition) is 3. The van der Waals surface area contributed by atoms with Crippen molar-refractivity contribution in [2.75, 3.05) is 14.2 Å². The van der Waals surface area contributed by atoms with Crippen LogP contribution in [0.3, 0.4) is 0 Å².